The van der Waals surface area contributed by atoms with E-state index in [-0.39, 0.29) is 47.2 Å². The second-order valence-corrected chi connectivity index (χ2v) is 28.0. The summed E-state index contributed by atoms with van der Waals surface area (Å²) in [4.78, 5) is 15.4. The second kappa shape index (κ2) is 24.1. The fourth-order valence-electron chi connectivity index (χ4n) is 17.4. The van der Waals surface area contributed by atoms with E-state index in [4.69, 9.17) is 47.4 Å². The van der Waals surface area contributed by atoms with Crippen LogP contribution in [0, 0.1) is 50.2 Å². The Kier molecular flexibility index (Phi) is 18.7. The second-order valence-electron chi connectivity index (χ2n) is 28.0. The van der Waals surface area contributed by atoms with Gasteiger partial charge in [-0.3, -0.25) is 4.79 Å². The molecule has 84 heavy (non-hydrogen) atoms. The lowest BCUT2D eigenvalue weighted by molar-refractivity contribution is -0.379. The molecule has 4 saturated carbocycles. The Morgan fingerprint density at radius 1 is 0.548 bits per heavy atom. The molecule has 10 aliphatic rings. The molecular formula is C58H94O26. The number of carbonyl (C=O) groups excluding carboxylic acids is 1. The first kappa shape index (κ1) is 65.2. The number of ether oxygens (including phenoxy) is 10. The van der Waals surface area contributed by atoms with E-state index < -0.39 is 189 Å². The molecule has 5 saturated heterocycles. The maximum atomic E-state index is 15.4. The molecule has 482 valence electrons. The van der Waals surface area contributed by atoms with Crippen molar-refractivity contribution in [2.75, 3.05) is 33.0 Å². The Bertz CT molecular complexity index is 2330. The van der Waals surface area contributed by atoms with Crippen LogP contribution in [0.1, 0.15) is 113 Å². The van der Waals surface area contributed by atoms with Crippen LogP contribution in [0.5, 0.6) is 0 Å². The molecule has 0 spiro atoms. The fraction of sp³-hybridized carbons (Fsp3) is 0.948. The van der Waals surface area contributed by atoms with Crippen molar-refractivity contribution in [3.63, 3.8) is 0 Å². The predicted octanol–water partition coefficient (Wildman–Crippen LogP) is -2.93. The first-order chi connectivity index (χ1) is 39.4. The lowest BCUT2D eigenvalue weighted by atomic mass is 9.33. The summed E-state index contributed by atoms with van der Waals surface area (Å²) in [6.45, 7) is 12.3. The van der Waals surface area contributed by atoms with Crippen molar-refractivity contribution in [1.82, 2.24) is 0 Å². The summed E-state index contributed by atoms with van der Waals surface area (Å²) >= 11 is 0. The summed E-state index contributed by atoms with van der Waals surface area (Å²) in [5.74, 6) is -0.960. The van der Waals surface area contributed by atoms with E-state index in [1.165, 1.54) is 6.92 Å². The fourth-order valence-corrected chi connectivity index (χ4v) is 17.4. The number of fused-ring (bicyclic) bond motifs is 7. The monoisotopic (exact) mass is 1210 g/mol. The van der Waals surface area contributed by atoms with E-state index in [9.17, 15) is 76.6 Å². The summed E-state index contributed by atoms with van der Waals surface area (Å²) in [5.41, 5.74) is -2.13. The van der Waals surface area contributed by atoms with Gasteiger partial charge in [-0.15, -0.1) is 0 Å². The van der Waals surface area contributed by atoms with Crippen LogP contribution in [0.15, 0.2) is 11.6 Å². The number of aliphatic hydroxyl groups is 15. The Hall–Kier alpha value is -1.75. The summed E-state index contributed by atoms with van der Waals surface area (Å²) in [5, 5.41) is 162. The van der Waals surface area contributed by atoms with Gasteiger partial charge in [-0.05, 0) is 111 Å². The van der Waals surface area contributed by atoms with Crippen molar-refractivity contribution in [3.05, 3.63) is 11.6 Å². The molecule has 3 unspecified atom stereocenters. The van der Waals surface area contributed by atoms with Crippen molar-refractivity contribution >= 4 is 5.97 Å². The number of carbonyl (C=O) groups is 1. The minimum Gasteiger partial charge on any atom is -0.432 e. The van der Waals surface area contributed by atoms with E-state index in [2.05, 4.69) is 40.7 Å². The first-order valence-corrected chi connectivity index (χ1v) is 30.2. The van der Waals surface area contributed by atoms with Gasteiger partial charge in [0, 0.05) is 5.41 Å². The van der Waals surface area contributed by atoms with Gasteiger partial charge in [0.1, 0.15) is 97.7 Å². The van der Waals surface area contributed by atoms with Gasteiger partial charge in [0.05, 0.1) is 50.7 Å². The van der Waals surface area contributed by atoms with Gasteiger partial charge in [-0.25, -0.2) is 0 Å². The molecule has 5 heterocycles. The lowest BCUT2D eigenvalue weighted by Gasteiger charge is -2.71. The Balaban J connectivity index is 0.878. The van der Waals surface area contributed by atoms with E-state index in [1.54, 1.807) is 0 Å². The summed E-state index contributed by atoms with van der Waals surface area (Å²) in [6.07, 6.45) is -29.3. The number of allylic oxidation sites excluding steroid dienone is 2. The summed E-state index contributed by atoms with van der Waals surface area (Å²) < 4.78 is 60.0. The zero-order valence-corrected chi connectivity index (χ0v) is 49.0. The first-order valence-electron chi connectivity index (χ1n) is 30.2. The van der Waals surface area contributed by atoms with Crippen molar-refractivity contribution in [2.45, 2.75) is 260 Å². The molecule has 0 radical (unpaired) electrons. The highest BCUT2D eigenvalue weighted by Crippen LogP contribution is 2.76. The lowest BCUT2D eigenvalue weighted by Crippen LogP contribution is -2.67. The van der Waals surface area contributed by atoms with Crippen LogP contribution in [-0.2, 0) is 52.2 Å². The van der Waals surface area contributed by atoms with Gasteiger partial charge in [0.15, 0.2) is 31.3 Å². The SMILES string of the molecule is C[C@@H]1O[C@H](O[C@H]2[C@@H](O[C@H]3CC[C@@]4(C)C(CC[C@]5(C)C4CC=C4C6CC(C)(C)CC[C@]6(C(=O)O[C@@H]6O[C@H](CO)[C@@H](O)[C@H](O)[C@H]6O[C@@H]6O[C@H](CO)[C@@H](O)[C@H](O)[C@H]6O)CC[C@]45C)[C@]3(C)CO)OC[C@H](O)[C@@H]2O)[C@H](O)[C@H](O[C@H]2OC[C@H](O)[C@H](O)[C@H]2O)[C@H]1O. The highest BCUT2D eigenvalue weighted by atomic mass is 16.8. The standard InChI is InChI=1S/C58H94O26/c1-24-34(64)44(81-47-41(71)35(65)27(62)21-75-47)43(73)49(77-24)82-45-36(66)28(63)22-76-50(45)80-33-11-12-54(4)31(55(33,5)23-61)10-13-57(7)32(54)9-8-25-26-18-53(2,3)14-16-58(26,17-15-56(25,57)6)52(74)84-51-46(40(70)38(68)30(20-60)79-51)83-48-42(72)39(69)37(67)29(19-59)78-48/h8,24,26-51,59-73H,9-23H2,1-7H3/t24-,26?,27-,28-,29+,30+,31?,32?,33-,34-,35-,36-,37+,38+,39-,40-,41+,42+,43+,44+,45+,46+,47+,48-,49+,50+,51-,54-,55-,56+,57+,58-/m0/s1. The smallest absolute Gasteiger partial charge is 0.315 e. The molecule has 10 rings (SSSR count). The van der Waals surface area contributed by atoms with Crippen molar-refractivity contribution in [2.24, 2.45) is 50.2 Å². The van der Waals surface area contributed by atoms with Crippen LogP contribution in [0.4, 0.5) is 0 Å². The molecule has 0 aromatic carbocycles. The summed E-state index contributed by atoms with van der Waals surface area (Å²) in [6, 6.07) is 0. The predicted molar refractivity (Wildman–Crippen MR) is 283 cm³/mol. The summed E-state index contributed by atoms with van der Waals surface area (Å²) in [7, 11) is 0. The molecule has 0 aromatic rings. The number of hydrogen-bond donors (Lipinski definition) is 15. The zero-order chi connectivity index (χ0) is 61.1. The number of aliphatic hydroxyl groups excluding tert-OH is 15. The van der Waals surface area contributed by atoms with E-state index >= 15 is 4.79 Å². The average Bonchev–Trinajstić information content (AvgIpc) is 1.08. The topological polar surface area (TPSA) is 413 Å². The average molecular weight is 1210 g/mol. The van der Waals surface area contributed by atoms with Crippen LogP contribution >= 0.6 is 0 Å². The van der Waals surface area contributed by atoms with Crippen LogP contribution in [0.3, 0.4) is 0 Å². The van der Waals surface area contributed by atoms with Gasteiger partial charge < -0.3 is 124 Å². The molecule has 0 amide bonds. The number of esters is 1. The van der Waals surface area contributed by atoms with Gasteiger partial charge in [-0.2, -0.15) is 0 Å². The largest absolute Gasteiger partial charge is 0.432 e. The molecule has 15 N–H and O–H groups in total. The van der Waals surface area contributed by atoms with Gasteiger partial charge in [0.25, 0.3) is 0 Å². The van der Waals surface area contributed by atoms with Crippen molar-refractivity contribution < 1.29 is 129 Å². The number of hydrogen-bond acceptors (Lipinski definition) is 26. The Morgan fingerprint density at radius 3 is 1.77 bits per heavy atom. The maximum Gasteiger partial charge on any atom is 0.315 e. The van der Waals surface area contributed by atoms with E-state index in [0.717, 1.165) is 12.0 Å². The minimum atomic E-state index is -1.90. The van der Waals surface area contributed by atoms with Crippen molar-refractivity contribution in [3.8, 4) is 0 Å². The quantitative estimate of drug-likeness (QED) is 0.0499. The molecule has 0 aromatic heterocycles. The molecule has 9 fully saturated rings. The molecule has 26 heteroatoms. The normalized spacial score (nSPS) is 54.9. The molecule has 5 aliphatic carbocycles. The van der Waals surface area contributed by atoms with E-state index in [1.807, 2.05) is 6.92 Å². The van der Waals surface area contributed by atoms with Crippen LogP contribution in [0.2, 0.25) is 0 Å². The minimum absolute atomic E-state index is 0.0875. The Morgan fingerprint density at radius 2 is 1.12 bits per heavy atom. The van der Waals surface area contributed by atoms with Gasteiger partial charge in [0.2, 0.25) is 6.29 Å². The third kappa shape index (κ3) is 10.8. The number of rotatable bonds is 13. The van der Waals surface area contributed by atoms with Gasteiger partial charge >= 0.3 is 5.97 Å². The highest BCUT2D eigenvalue weighted by molar-refractivity contribution is 5.79. The molecule has 0 bridgehead atoms. The molecule has 5 aliphatic heterocycles. The third-order valence-corrected chi connectivity index (χ3v) is 22.9. The third-order valence-electron chi connectivity index (χ3n) is 22.9. The highest BCUT2D eigenvalue weighted by Gasteiger charge is 2.71. The van der Waals surface area contributed by atoms with Crippen LogP contribution < -0.4 is 0 Å². The molecular weight excluding hydrogens is 1110 g/mol. The van der Waals surface area contributed by atoms with E-state index in [0.29, 0.717) is 57.8 Å². The van der Waals surface area contributed by atoms with Gasteiger partial charge in [-0.1, -0.05) is 53.2 Å². The van der Waals surface area contributed by atoms with Crippen LogP contribution in [-0.4, -0.2) is 263 Å². The maximum absolute atomic E-state index is 15.4. The molecule has 26 nitrogen and oxygen atoms in total. The van der Waals surface area contributed by atoms with Crippen LogP contribution in [0.25, 0.3) is 0 Å². The van der Waals surface area contributed by atoms with Crippen molar-refractivity contribution in [1.29, 1.82) is 0 Å². The Labute approximate surface area is 488 Å². The zero-order valence-electron chi connectivity index (χ0n) is 49.0. The molecule has 32 atom stereocenters.